The van der Waals surface area contributed by atoms with Gasteiger partial charge in [0, 0.05) is 12.6 Å². The van der Waals surface area contributed by atoms with Crippen LogP contribution >= 0.6 is 12.4 Å². The number of carbonyl (C=O) groups excluding carboxylic acids is 1. The first-order valence-corrected chi connectivity index (χ1v) is 7.10. The molecule has 4 nitrogen and oxygen atoms in total. The summed E-state index contributed by atoms with van der Waals surface area (Å²) in [5.41, 5.74) is 0. The first-order valence-electron chi connectivity index (χ1n) is 7.10. The molecule has 0 radical (unpaired) electrons. The van der Waals surface area contributed by atoms with Crippen LogP contribution in [0.1, 0.15) is 32.6 Å². The van der Waals surface area contributed by atoms with Gasteiger partial charge in [-0.05, 0) is 32.6 Å². The Balaban J connectivity index is 0.00000220. The van der Waals surface area contributed by atoms with Gasteiger partial charge in [-0.3, -0.25) is 4.79 Å². The molecule has 1 heterocycles. The SMILES string of the molecule is C[C@H]1OCCN[C@@H]1C(=O)NC1CCC(C(F)(F)F)CC1.Cl. The lowest BCUT2D eigenvalue weighted by Gasteiger charge is -2.33. The van der Waals surface area contributed by atoms with Crippen molar-refractivity contribution in [2.75, 3.05) is 13.2 Å². The second-order valence-electron chi connectivity index (χ2n) is 5.61. The van der Waals surface area contributed by atoms with Gasteiger partial charge in [-0.2, -0.15) is 13.2 Å². The Hall–Kier alpha value is -0.530. The molecule has 8 heteroatoms. The van der Waals surface area contributed by atoms with E-state index in [2.05, 4.69) is 10.6 Å². The van der Waals surface area contributed by atoms with Crippen molar-refractivity contribution in [2.24, 2.45) is 5.92 Å². The van der Waals surface area contributed by atoms with Crippen LogP contribution in [0, 0.1) is 5.92 Å². The number of ether oxygens (including phenoxy) is 1. The highest BCUT2D eigenvalue weighted by Gasteiger charge is 2.42. The second kappa shape index (κ2) is 7.65. The Morgan fingerprint density at radius 2 is 1.86 bits per heavy atom. The number of amides is 1. The number of halogens is 4. The molecule has 1 aliphatic carbocycles. The normalized spacial score (nSPS) is 33.9. The number of alkyl halides is 3. The van der Waals surface area contributed by atoms with Crippen molar-refractivity contribution in [2.45, 2.75) is 57.0 Å². The van der Waals surface area contributed by atoms with Gasteiger partial charge in [0.25, 0.3) is 0 Å². The lowest BCUT2D eigenvalue weighted by Crippen LogP contribution is -2.57. The molecule has 2 fully saturated rings. The molecule has 2 N–H and O–H groups in total. The Labute approximate surface area is 128 Å². The van der Waals surface area contributed by atoms with E-state index in [0.29, 0.717) is 26.0 Å². The molecule has 0 aromatic rings. The minimum atomic E-state index is -4.11. The average molecular weight is 331 g/mol. The Morgan fingerprint density at radius 1 is 1.24 bits per heavy atom. The van der Waals surface area contributed by atoms with Crippen LogP contribution in [0.4, 0.5) is 13.2 Å². The number of nitrogens with one attached hydrogen (secondary N) is 2. The van der Waals surface area contributed by atoms with Crippen LogP contribution in [0.2, 0.25) is 0 Å². The van der Waals surface area contributed by atoms with Crippen molar-refractivity contribution in [3.8, 4) is 0 Å². The largest absolute Gasteiger partial charge is 0.391 e. The average Bonchev–Trinajstić information content (AvgIpc) is 2.38. The molecule has 0 aromatic carbocycles. The van der Waals surface area contributed by atoms with Gasteiger partial charge in [-0.1, -0.05) is 0 Å². The standard InChI is InChI=1S/C13H21F3N2O2.ClH/c1-8-11(17-6-7-20-8)12(19)18-10-4-2-9(3-5-10)13(14,15)16;/h8-11,17H,2-7H2,1H3,(H,18,19);1H/t8-,9?,10?,11+;/m1./s1. The van der Waals surface area contributed by atoms with Crippen LogP contribution in [-0.4, -0.2) is 43.4 Å². The zero-order chi connectivity index (χ0) is 14.8. The van der Waals surface area contributed by atoms with Gasteiger partial charge < -0.3 is 15.4 Å². The maximum atomic E-state index is 12.6. The van der Waals surface area contributed by atoms with E-state index in [9.17, 15) is 18.0 Å². The van der Waals surface area contributed by atoms with E-state index in [1.165, 1.54) is 0 Å². The van der Waals surface area contributed by atoms with Crippen LogP contribution < -0.4 is 10.6 Å². The van der Waals surface area contributed by atoms with Gasteiger partial charge in [0.2, 0.25) is 5.91 Å². The predicted molar refractivity (Wildman–Crippen MR) is 74.4 cm³/mol. The van der Waals surface area contributed by atoms with Gasteiger partial charge in [-0.15, -0.1) is 12.4 Å². The zero-order valence-electron chi connectivity index (χ0n) is 11.9. The number of hydrogen-bond donors (Lipinski definition) is 2. The van der Waals surface area contributed by atoms with Crippen LogP contribution in [0.25, 0.3) is 0 Å². The van der Waals surface area contributed by atoms with E-state index in [0.717, 1.165) is 0 Å². The quantitative estimate of drug-likeness (QED) is 0.814. The fourth-order valence-corrected chi connectivity index (χ4v) is 2.88. The van der Waals surface area contributed by atoms with E-state index in [4.69, 9.17) is 4.74 Å². The second-order valence-corrected chi connectivity index (χ2v) is 5.61. The van der Waals surface area contributed by atoms with E-state index in [1.54, 1.807) is 0 Å². The van der Waals surface area contributed by atoms with Crippen LogP contribution in [0.15, 0.2) is 0 Å². The number of hydrogen-bond acceptors (Lipinski definition) is 3. The summed E-state index contributed by atoms with van der Waals surface area (Å²) in [7, 11) is 0. The monoisotopic (exact) mass is 330 g/mol. The third kappa shape index (κ3) is 5.00. The summed E-state index contributed by atoms with van der Waals surface area (Å²) in [6.45, 7) is 3.00. The fourth-order valence-electron chi connectivity index (χ4n) is 2.88. The minimum absolute atomic E-state index is 0. The molecule has 0 bridgehead atoms. The van der Waals surface area contributed by atoms with Gasteiger partial charge >= 0.3 is 6.18 Å². The fraction of sp³-hybridized carbons (Fsp3) is 0.923. The first kappa shape index (κ1) is 18.5. The summed E-state index contributed by atoms with van der Waals surface area (Å²) in [5.74, 6) is -1.39. The van der Waals surface area contributed by atoms with Crippen molar-refractivity contribution < 1.29 is 22.7 Å². The summed E-state index contributed by atoms with van der Waals surface area (Å²) in [4.78, 5) is 12.1. The number of carbonyl (C=O) groups is 1. The zero-order valence-corrected chi connectivity index (χ0v) is 12.7. The third-order valence-electron chi connectivity index (χ3n) is 4.14. The molecule has 0 spiro atoms. The van der Waals surface area contributed by atoms with Crippen molar-refractivity contribution >= 4 is 18.3 Å². The summed E-state index contributed by atoms with van der Waals surface area (Å²) in [6, 6.07) is -0.568. The number of rotatable bonds is 2. The predicted octanol–water partition coefficient (Wildman–Crippen LogP) is 2.02. The summed E-state index contributed by atoms with van der Waals surface area (Å²) < 4.78 is 43.1. The van der Waals surface area contributed by atoms with Gasteiger partial charge in [0.05, 0.1) is 18.6 Å². The summed E-state index contributed by atoms with van der Waals surface area (Å²) in [5, 5.41) is 5.92. The molecule has 2 atom stereocenters. The van der Waals surface area contributed by atoms with E-state index in [-0.39, 0.29) is 43.3 Å². The lowest BCUT2D eigenvalue weighted by molar-refractivity contribution is -0.182. The Morgan fingerprint density at radius 3 is 2.38 bits per heavy atom. The highest BCUT2D eigenvalue weighted by Crippen LogP contribution is 2.37. The minimum Gasteiger partial charge on any atom is -0.375 e. The van der Waals surface area contributed by atoms with Gasteiger partial charge in [0.1, 0.15) is 6.04 Å². The van der Waals surface area contributed by atoms with Crippen molar-refractivity contribution in [1.29, 1.82) is 0 Å². The maximum absolute atomic E-state index is 12.6. The Kier molecular flexibility index (Phi) is 6.74. The van der Waals surface area contributed by atoms with Crippen molar-refractivity contribution in [1.82, 2.24) is 10.6 Å². The topological polar surface area (TPSA) is 50.4 Å². The molecule has 124 valence electrons. The molecular weight excluding hydrogens is 309 g/mol. The van der Waals surface area contributed by atoms with Crippen LogP contribution in [0.5, 0.6) is 0 Å². The molecule has 1 amide bonds. The summed E-state index contributed by atoms with van der Waals surface area (Å²) >= 11 is 0. The van der Waals surface area contributed by atoms with Crippen LogP contribution in [-0.2, 0) is 9.53 Å². The molecule has 1 saturated heterocycles. The molecule has 21 heavy (non-hydrogen) atoms. The highest BCUT2D eigenvalue weighted by molar-refractivity contribution is 5.85. The molecule has 0 unspecified atom stereocenters. The molecule has 2 rings (SSSR count). The maximum Gasteiger partial charge on any atom is 0.391 e. The molecule has 0 aromatic heterocycles. The Bertz CT molecular complexity index is 347. The lowest BCUT2D eigenvalue weighted by atomic mass is 9.85. The molecular formula is C13H22ClF3N2O2. The van der Waals surface area contributed by atoms with Crippen molar-refractivity contribution in [3.05, 3.63) is 0 Å². The summed E-state index contributed by atoms with van der Waals surface area (Å²) in [6.07, 6.45) is -3.36. The molecule has 1 aliphatic heterocycles. The van der Waals surface area contributed by atoms with Crippen molar-refractivity contribution in [3.63, 3.8) is 0 Å². The van der Waals surface area contributed by atoms with Gasteiger partial charge in [0.15, 0.2) is 0 Å². The van der Waals surface area contributed by atoms with E-state index < -0.39 is 18.1 Å². The van der Waals surface area contributed by atoms with E-state index in [1.807, 2.05) is 6.92 Å². The first-order chi connectivity index (χ1) is 9.38. The number of morpholine rings is 1. The molecule has 1 saturated carbocycles. The molecule has 2 aliphatic rings. The van der Waals surface area contributed by atoms with E-state index >= 15 is 0 Å². The smallest absolute Gasteiger partial charge is 0.375 e. The van der Waals surface area contributed by atoms with Gasteiger partial charge in [-0.25, -0.2) is 0 Å². The third-order valence-corrected chi connectivity index (χ3v) is 4.14. The highest BCUT2D eigenvalue weighted by atomic mass is 35.5. The van der Waals surface area contributed by atoms with Crippen LogP contribution in [0.3, 0.4) is 0 Å².